The number of nitrogens with zero attached hydrogens (tertiary/aromatic N) is 2. The SMILES string of the molecule is COc1ccc2c(c1)C(C)Cc1c-2nn(CCCNC(=O)OC(C)(C)C)c1C(=O)O. The second-order valence-corrected chi connectivity index (χ2v) is 8.54. The van der Waals surface area contributed by atoms with Gasteiger partial charge in [-0.05, 0) is 63.3 Å². The Morgan fingerprint density at radius 1 is 1.33 bits per heavy atom. The van der Waals surface area contributed by atoms with Crippen LogP contribution in [0, 0.1) is 0 Å². The van der Waals surface area contributed by atoms with Gasteiger partial charge < -0.3 is 19.9 Å². The van der Waals surface area contributed by atoms with Gasteiger partial charge in [0.2, 0.25) is 0 Å². The Bertz CT molecular complexity index is 958. The maximum absolute atomic E-state index is 12.0. The molecule has 8 heteroatoms. The van der Waals surface area contributed by atoms with Gasteiger partial charge in [-0.1, -0.05) is 6.92 Å². The molecule has 0 radical (unpaired) electrons. The number of amides is 1. The van der Waals surface area contributed by atoms with E-state index in [1.807, 2.05) is 18.2 Å². The van der Waals surface area contributed by atoms with Gasteiger partial charge in [0.05, 0.1) is 12.8 Å². The second kappa shape index (κ2) is 8.38. The second-order valence-electron chi connectivity index (χ2n) is 8.54. The Labute approximate surface area is 176 Å². The minimum absolute atomic E-state index is 0.159. The molecule has 1 aromatic carbocycles. The van der Waals surface area contributed by atoms with Crippen LogP contribution in [0.1, 0.15) is 61.6 Å². The number of aromatic carboxylic acids is 1. The van der Waals surface area contributed by atoms with Crippen molar-refractivity contribution in [3.05, 3.63) is 35.0 Å². The molecule has 0 spiro atoms. The number of alkyl carbamates (subject to hydrolysis) is 1. The maximum Gasteiger partial charge on any atom is 0.407 e. The number of carboxylic acids is 1. The number of aromatic nitrogens is 2. The number of carbonyl (C=O) groups is 2. The van der Waals surface area contributed by atoms with E-state index in [0.29, 0.717) is 31.6 Å². The molecule has 1 amide bonds. The molecule has 1 aliphatic rings. The molecule has 0 saturated heterocycles. The fourth-order valence-electron chi connectivity index (χ4n) is 3.75. The molecule has 1 aromatic heterocycles. The fourth-order valence-corrected chi connectivity index (χ4v) is 3.75. The van der Waals surface area contributed by atoms with Gasteiger partial charge in [0.25, 0.3) is 0 Å². The lowest BCUT2D eigenvalue weighted by Gasteiger charge is -2.22. The van der Waals surface area contributed by atoms with Crippen LogP contribution in [0.15, 0.2) is 18.2 Å². The number of carbonyl (C=O) groups excluding carboxylic acids is 1. The molecule has 1 unspecified atom stereocenters. The van der Waals surface area contributed by atoms with Crippen LogP contribution in [-0.2, 0) is 17.7 Å². The summed E-state index contributed by atoms with van der Waals surface area (Å²) < 4.78 is 12.1. The first kappa shape index (κ1) is 21.7. The van der Waals surface area contributed by atoms with E-state index in [1.54, 1.807) is 27.9 Å². The zero-order valence-corrected chi connectivity index (χ0v) is 18.1. The molecular weight excluding hydrogens is 386 g/mol. The number of ether oxygens (including phenoxy) is 2. The summed E-state index contributed by atoms with van der Waals surface area (Å²) in [6, 6.07) is 5.80. The number of nitrogens with one attached hydrogen (secondary N) is 1. The van der Waals surface area contributed by atoms with Crippen molar-refractivity contribution in [1.29, 1.82) is 0 Å². The molecule has 1 aliphatic carbocycles. The zero-order valence-electron chi connectivity index (χ0n) is 18.1. The predicted octanol–water partition coefficient (Wildman–Crippen LogP) is 3.83. The highest BCUT2D eigenvalue weighted by Gasteiger charge is 2.31. The van der Waals surface area contributed by atoms with Gasteiger partial charge >= 0.3 is 12.1 Å². The largest absolute Gasteiger partial charge is 0.497 e. The van der Waals surface area contributed by atoms with Crippen LogP contribution in [0.25, 0.3) is 11.3 Å². The van der Waals surface area contributed by atoms with E-state index in [1.165, 1.54) is 4.68 Å². The van der Waals surface area contributed by atoms with E-state index in [4.69, 9.17) is 9.47 Å². The van der Waals surface area contributed by atoms with Crippen molar-refractivity contribution in [3.63, 3.8) is 0 Å². The van der Waals surface area contributed by atoms with E-state index in [-0.39, 0.29) is 11.6 Å². The summed E-state index contributed by atoms with van der Waals surface area (Å²) in [5.74, 6) is -0.0599. The fraction of sp³-hybridized carbons (Fsp3) is 0.500. The molecule has 1 atom stereocenters. The standard InChI is InChI=1S/C22H29N3O5/c1-13-11-17-18(15-8-7-14(29-5)12-16(13)15)24-25(19(17)20(26)27)10-6-9-23-21(28)30-22(2,3)4/h7-8,12-13H,6,9-11H2,1-5H3,(H,23,28)(H,26,27). The van der Waals surface area contributed by atoms with Gasteiger partial charge in [0.1, 0.15) is 17.0 Å². The molecule has 8 nitrogen and oxygen atoms in total. The summed E-state index contributed by atoms with van der Waals surface area (Å²) in [5.41, 5.74) is 3.17. The number of aryl methyl sites for hydroxylation is 1. The summed E-state index contributed by atoms with van der Waals surface area (Å²) in [7, 11) is 1.63. The third kappa shape index (κ3) is 4.58. The highest BCUT2D eigenvalue weighted by molar-refractivity contribution is 5.91. The van der Waals surface area contributed by atoms with Crippen molar-refractivity contribution in [2.45, 2.75) is 58.6 Å². The first-order valence-corrected chi connectivity index (χ1v) is 10.1. The first-order valence-electron chi connectivity index (χ1n) is 10.1. The molecule has 2 N–H and O–H groups in total. The summed E-state index contributed by atoms with van der Waals surface area (Å²) in [5, 5.41) is 17.2. The van der Waals surface area contributed by atoms with E-state index in [0.717, 1.165) is 22.4 Å². The number of methoxy groups -OCH3 is 1. The van der Waals surface area contributed by atoms with E-state index in [2.05, 4.69) is 17.3 Å². The van der Waals surface area contributed by atoms with Crippen molar-refractivity contribution in [3.8, 4) is 17.0 Å². The molecule has 30 heavy (non-hydrogen) atoms. The number of benzene rings is 1. The van der Waals surface area contributed by atoms with Gasteiger partial charge in [-0.15, -0.1) is 0 Å². The van der Waals surface area contributed by atoms with E-state index in [9.17, 15) is 14.7 Å². The van der Waals surface area contributed by atoms with Crippen molar-refractivity contribution in [2.24, 2.45) is 0 Å². The smallest absolute Gasteiger partial charge is 0.407 e. The maximum atomic E-state index is 12.0. The topological polar surface area (TPSA) is 103 Å². The number of carboxylic acid groups (broad SMARTS) is 1. The molecular formula is C22H29N3O5. The third-order valence-electron chi connectivity index (χ3n) is 5.02. The predicted molar refractivity (Wildman–Crippen MR) is 112 cm³/mol. The van der Waals surface area contributed by atoms with Crippen LogP contribution < -0.4 is 10.1 Å². The highest BCUT2D eigenvalue weighted by atomic mass is 16.6. The molecule has 0 bridgehead atoms. The first-order chi connectivity index (χ1) is 14.1. The van der Waals surface area contributed by atoms with E-state index >= 15 is 0 Å². The summed E-state index contributed by atoms with van der Waals surface area (Å²) in [6.45, 7) is 8.22. The zero-order chi connectivity index (χ0) is 22.1. The minimum atomic E-state index is -0.993. The van der Waals surface area contributed by atoms with Gasteiger partial charge in [0.15, 0.2) is 0 Å². The molecule has 1 heterocycles. The van der Waals surface area contributed by atoms with Crippen LogP contribution in [0.2, 0.25) is 0 Å². The lowest BCUT2D eigenvalue weighted by molar-refractivity contribution is 0.0524. The number of fused-ring (bicyclic) bond motifs is 3. The van der Waals surface area contributed by atoms with Gasteiger partial charge in [0, 0.05) is 24.2 Å². The lowest BCUT2D eigenvalue weighted by atomic mass is 9.82. The van der Waals surface area contributed by atoms with Crippen molar-refractivity contribution >= 4 is 12.1 Å². The molecule has 0 saturated carbocycles. The Morgan fingerprint density at radius 3 is 2.70 bits per heavy atom. The quantitative estimate of drug-likeness (QED) is 0.695. The number of rotatable bonds is 6. The molecule has 0 fully saturated rings. The number of hydrogen-bond acceptors (Lipinski definition) is 5. The van der Waals surface area contributed by atoms with Gasteiger partial charge in [-0.2, -0.15) is 5.10 Å². The van der Waals surface area contributed by atoms with Crippen LogP contribution in [0.5, 0.6) is 5.75 Å². The molecule has 2 aromatic rings. The van der Waals surface area contributed by atoms with Gasteiger partial charge in [-0.25, -0.2) is 9.59 Å². The molecule has 0 aliphatic heterocycles. The van der Waals surface area contributed by atoms with Crippen LogP contribution in [-0.4, -0.2) is 46.2 Å². The molecule has 162 valence electrons. The minimum Gasteiger partial charge on any atom is -0.497 e. The highest BCUT2D eigenvalue weighted by Crippen LogP contribution is 2.41. The van der Waals surface area contributed by atoms with Crippen molar-refractivity contribution in [1.82, 2.24) is 15.1 Å². The third-order valence-corrected chi connectivity index (χ3v) is 5.02. The van der Waals surface area contributed by atoms with Crippen LogP contribution >= 0.6 is 0 Å². The lowest BCUT2D eigenvalue weighted by Crippen LogP contribution is -2.33. The normalized spacial score (nSPS) is 15.2. The average molecular weight is 415 g/mol. The summed E-state index contributed by atoms with van der Waals surface area (Å²) >= 11 is 0. The Hall–Kier alpha value is -3.03. The average Bonchev–Trinajstić information content (AvgIpc) is 3.02. The van der Waals surface area contributed by atoms with Crippen molar-refractivity contribution in [2.75, 3.05) is 13.7 Å². The summed E-state index contributed by atoms with van der Waals surface area (Å²) in [6.07, 6.45) is 0.649. The Balaban J connectivity index is 1.79. The molecule has 3 rings (SSSR count). The van der Waals surface area contributed by atoms with Crippen LogP contribution in [0.3, 0.4) is 0 Å². The monoisotopic (exact) mass is 415 g/mol. The summed E-state index contributed by atoms with van der Waals surface area (Å²) in [4.78, 5) is 23.8. The number of hydrogen-bond donors (Lipinski definition) is 2. The van der Waals surface area contributed by atoms with Crippen LogP contribution in [0.4, 0.5) is 4.79 Å². The Morgan fingerprint density at radius 2 is 2.07 bits per heavy atom. The van der Waals surface area contributed by atoms with Crippen molar-refractivity contribution < 1.29 is 24.2 Å². The Kier molecular flexibility index (Phi) is 6.05. The van der Waals surface area contributed by atoms with E-state index < -0.39 is 17.7 Å². The van der Waals surface area contributed by atoms with Gasteiger partial charge in [-0.3, -0.25) is 4.68 Å².